The first kappa shape index (κ1) is 17.2. The maximum absolute atomic E-state index is 12.3. The van der Waals surface area contributed by atoms with E-state index in [1.54, 1.807) is 5.06 Å². The maximum Gasteiger partial charge on any atom is 0.305 e. The van der Waals surface area contributed by atoms with Crippen molar-refractivity contribution in [3.63, 3.8) is 0 Å². The molecule has 5 heteroatoms. The van der Waals surface area contributed by atoms with E-state index in [-0.39, 0.29) is 18.2 Å². The van der Waals surface area contributed by atoms with Crippen molar-refractivity contribution in [3.05, 3.63) is 65.7 Å². The van der Waals surface area contributed by atoms with Crippen molar-refractivity contribution in [1.29, 1.82) is 0 Å². The van der Waals surface area contributed by atoms with Crippen LogP contribution in [0.25, 0.3) is 0 Å². The molecule has 1 saturated heterocycles. The molecule has 0 unspecified atom stereocenters. The SMILES string of the molecule is CC(=O)O[C@]1(C(C)=O)C[C@H](c2ccc(C)cc2)N(c2ccccc2)O1. The molecule has 2 aromatic carbocycles. The van der Waals surface area contributed by atoms with Crippen molar-refractivity contribution in [2.75, 3.05) is 5.06 Å². The largest absolute Gasteiger partial charge is 0.423 e. The monoisotopic (exact) mass is 339 g/mol. The number of Topliss-reactive ketones (excluding diaryl/α,β-unsaturated/α-hetero) is 1. The molecule has 0 amide bonds. The average Bonchev–Trinajstić information content (AvgIpc) is 2.96. The highest BCUT2D eigenvalue weighted by Crippen LogP contribution is 2.44. The number of aryl methyl sites for hydroxylation is 1. The molecule has 1 aliphatic heterocycles. The van der Waals surface area contributed by atoms with E-state index >= 15 is 0 Å². The number of carbonyl (C=O) groups excluding carboxylic acids is 2. The lowest BCUT2D eigenvalue weighted by Gasteiger charge is -2.27. The zero-order valence-corrected chi connectivity index (χ0v) is 14.6. The molecule has 0 radical (unpaired) electrons. The van der Waals surface area contributed by atoms with Crippen LogP contribution in [-0.2, 0) is 19.2 Å². The van der Waals surface area contributed by atoms with Crippen molar-refractivity contribution >= 4 is 17.4 Å². The number of anilines is 1. The number of hydrogen-bond acceptors (Lipinski definition) is 5. The van der Waals surface area contributed by atoms with Gasteiger partial charge in [0.15, 0.2) is 0 Å². The fourth-order valence-corrected chi connectivity index (χ4v) is 3.02. The van der Waals surface area contributed by atoms with E-state index < -0.39 is 11.8 Å². The van der Waals surface area contributed by atoms with Gasteiger partial charge >= 0.3 is 5.97 Å². The van der Waals surface area contributed by atoms with Gasteiger partial charge in [-0.3, -0.25) is 9.59 Å². The Labute approximate surface area is 147 Å². The number of ether oxygens (including phenoxy) is 1. The Hall–Kier alpha value is -2.66. The van der Waals surface area contributed by atoms with Crippen LogP contribution in [0, 0.1) is 6.92 Å². The van der Waals surface area contributed by atoms with Gasteiger partial charge in [0.2, 0.25) is 5.78 Å². The summed E-state index contributed by atoms with van der Waals surface area (Å²) in [7, 11) is 0. The summed E-state index contributed by atoms with van der Waals surface area (Å²) in [5.41, 5.74) is 2.93. The number of hydroxylamine groups is 1. The molecule has 0 aliphatic carbocycles. The van der Waals surface area contributed by atoms with Crippen LogP contribution < -0.4 is 5.06 Å². The molecular formula is C20H21NO4. The van der Waals surface area contributed by atoms with Gasteiger partial charge < -0.3 is 4.74 Å². The molecule has 0 spiro atoms. The van der Waals surface area contributed by atoms with Gasteiger partial charge in [-0.2, -0.15) is 0 Å². The first-order valence-electron chi connectivity index (χ1n) is 8.22. The van der Waals surface area contributed by atoms with Gasteiger partial charge in [0.1, 0.15) is 0 Å². The molecule has 25 heavy (non-hydrogen) atoms. The van der Waals surface area contributed by atoms with Crippen LogP contribution in [0.4, 0.5) is 5.69 Å². The summed E-state index contributed by atoms with van der Waals surface area (Å²) in [5, 5.41) is 1.66. The zero-order chi connectivity index (χ0) is 18.0. The number of ketones is 1. The number of rotatable bonds is 4. The van der Waals surface area contributed by atoms with Crippen molar-refractivity contribution in [3.8, 4) is 0 Å². The molecule has 2 aromatic rings. The Morgan fingerprint density at radius 2 is 1.72 bits per heavy atom. The molecule has 1 aliphatic rings. The predicted molar refractivity (Wildman–Crippen MR) is 93.7 cm³/mol. The van der Waals surface area contributed by atoms with E-state index in [9.17, 15) is 9.59 Å². The summed E-state index contributed by atoms with van der Waals surface area (Å²) in [6.07, 6.45) is 0.236. The first-order valence-corrected chi connectivity index (χ1v) is 8.22. The van der Waals surface area contributed by atoms with Crippen molar-refractivity contribution in [2.45, 2.75) is 39.0 Å². The fraction of sp³-hybridized carbons (Fsp3) is 0.300. The molecule has 1 fully saturated rings. The van der Waals surface area contributed by atoms with Crippen LogP contribution >= 0.6 is 0 Å². The van der Waals surface area contributed by atoms with E-state index in [0.29, 0.717) is 0 Å². The lowest BCUT2D eigenvalue weighted by Crippen LogP contribution is -2.42. The molecule has 0 saturated carbocycles. The Kier molecular flexibility index (Phi) is 4.59. The Morgan fingerprint density at radius 3 is 2.28 bits per heavy atom. The second-order valence-electron chi connectivity index (χ2n) is 6.29. The summed E-state index contributed by atoms with van der Waals surface area (Å²) < 4.78 is 5.34. The zero-order valence-electron chi connectivity index (χ0n) is 14.6. The normalized spacial score (nSPS) is 22.7. The maximum atomic E-state index is 12.3. The minimum atomic E-state index is -1.60. The molecule has 0 N–H and O–H groups in total. The fourth-order valence-electron chi connectivity index (χ4n) is 3.02. The van der Waals surface area contributed by atoms with E-state index in [1.165, 1.54) is 13.8 Å². The third-order valence-corrected chi connectivity index (χ3v) is 4.31. The highest BCUT2D eigenvalue weighted by atomic mass is 16.8. The van der Waals surface area contributed by atoms with Crippen LogP contribution in [0.15, 0.2) is 54.6 Å². The number of para-hydroxylation sites is 1. The minimum absolute atomic E-state index is 0.236. The second-order valence-corrected chi connectivity index (χ2v) is 6.29. The standard InChI is InChI=1S/C20H21NO4/c1-14-9-11-17(12-10-14)19-13-20(15(2)22,24-16(3)23)25-21(19)18-7-5-4-6-8-18/h4-12,19H,13H2,1-3H3/t19-,20-/m1/s1. The number of carbonyl (C=O) groups is 2. The van der Waals surface area contributed by atoms with E-state index in [1.807, 2.05) is 61.5 Å². The van der Waals surface area contributed by atoms with E-state index in [4.69, 9.17) is 9.57 Å². The van der Waals surface area contributed by atoms with Gasteiger partial charge in [0.25, 0.3) is 5.79 Å². The van der Waals surface area contributed by atoms with Crippen LogP contribution in [0.1, 0.15) is 37.4 Å². The van der Waals surface area contributed by atoms with Gasteiger partial charge in [0.05, 0.1) is 18.2 Å². The lowest BCUT2D eigenvalue weighted by molar-refractivity contribution is -0.213. The Balaban J connectivity index is 2.04. The second kappa shape index (κ2) is 6.69. The van der Waals surface area contributed by atoms with Crippen LogP contribution in [0.5, 0.6) is 0 Å². The lowest BCUT2D eigenvalue weighted by atomic mass is 9.96. The van der Waals surface area contributed by atoms with Gasteiger partial charge in [-0.1, -0.05) is 48.0 Å². The average molecular weight is 339 g/mol. The van der Waals surface area contributed by atoms with Gasteiger partial charge in [-0.25, -0.2) is 9.90 Å². The summed E-state index contributed by atoms with van der Waals surface area (Å²) in [6, 6.07) is 17.3. The number of esters is 1. The molecule has 0 aromatic heterocycles. The number of nitrogens with zero attached hydrogens (tertiary/aromatic N) is 1. The highest BCUT2D eigenvalue weighted by molar-refractivity contribution is 5.86. The first-order chi connectivity index (χ1) is 11.9. The summed E-state index contributed by atoms with van der Waals surface area (Å²) in [6.45, 7) is 4.67. The molecule has 2 atom stereocenters. The molecule has 5 nitrogen and oxygen atoms in total. The van der Waals surface area contributed by atoms with Crippen LogP contribution in [0.2, 0.25) is 0 Å². The minimum Gasteiger partial charge on any atom is -0.423 e. The predicted octanol–water partition coefficient (Wildman–Crippen LogP) is 3.73. The van der Waals surface area contributed by atoms with E-state index in [0.717, 1.165) is 16.8 Å². The molecule has 3 rings (SSSR count). The van der Waals surface area contributed by atoms with Crippen molar-refractivity contribution < 1.29 is 19.2 Å². The smallest absolute Gasteiger partial charge is 0.305 e. The van der Waals surface area contributed by atoms with Crippen LogP contribution in [-0.4, -0.2) is 17.5 Å². The van der Waals surface area contributed by atoms with Gasteiger partial charge in [-0.15, -0.1) is 0 Å². The molecular weight excluding hydrogens is 318 g/mol. The quantitative estimate of drug-likeness (QED) is 0.795. The molecule has 130 valence electrons. The Morgan fingerprint density at radius 1 is 1.08 bits per heavy atom. The van der Waals surface area contributed by atoms with Crippen molar-refractivity contribution in [2.24, 2.45) is 0 Å². The topological polar surface area (TPSA) is 55.8 Å². The molecule has 0 bridgehead atoms. The van der Waals surface area contributed by atoms with Gasteiger partial charge in [-0.05, 0) is 24.6 Å². The number of hydrogen-bond donors (Lipinski definition) is 0. The summed E-state index contributed by atoms with van der Waals surface area (Å²) in [5.74, 6) is -2.48. The van der Waals surface area contributed by atoms with Gasteiger partial charge in [0, 0.05) is 13.8 Å². The van der Waals surface area contributed by atoms with E-state index in [2.05, 4.69) is 0 Å². The summed E-state index contributed by atoms with van der Waals surface area (Å²) >= 11 is 0. The Bertz CT molecular complexity index is 772. The highest BCUT2D eigenvalue weighted by Gasteiger charge is 2.53. The number of benzene rings is 2. The molecule has 1 heterocycles. The third kappa shape index (κ3) is 3.42. The van der Waals surface area contributed by atoms with Crippen molar-refractivity contribution in [1.82, 2.24) is 0 Å². The van der Waals surface area contributed by atoms with Crippen LogP contribution in [0.3, 0.4) is 0 Å². The summed E-state index contributed by atoms with van der Waals surface area (Å²) in [4.78, 5) is 29.8. The third-order valence-electron chi connectivity index (χ3n) is 4.31.